The first kappa shape index (κ1) is 13.1. The van der Waals surface area contributed by atoms with E-state index < -0.39 is 0 Å². The number of hydrogen-bond acceptors (Lipinski definition) is 5. The van der Waals surface area contributed by atoms with Gasteiger partial charge in [0.2, 0.25) is 0 Å². The molecule has 0 aliphatic carbocycles. The molecule has 1 aromatic carbocycles. The van der Waals surface area contributed by atoms with Crippen molar-refractivity contribution in [1.82, 2.24) is 4.98 Å². The Bertz CT molecular complexity index is 584. The van der Waals surface area contributed by atoms with Crippen LogP contribution in [0, 0.1) is 0 Å². The predicted molar refractivity (Wildman–Crippen MR) is 73.4 cm³/mol. The summed E-state index contributed by atoms with van der Waals surface area (Å²) in [5, 5.41) is 3.98. The Morgan fingerprint density at radius 1 is 1.42 bits per heavy atom. The first-order valence-electron chi connectivity index (χ1n) is 6.07. The van der Waals surface area contributed by atoms with Crippen molar-refractivity contribution in [3.8, 4) is 5.75 Å². The van der Waals surface area contributed by atoms with Crippen LogP contribution in [0.2, 0.25) is 0 Å². The lowest BCUT2D eigenvalue weighted by Crippen LogP contribution is -2.17. The van der Waals surface area contributed by atoms with Gasteiger partial charge in [0.15, 0.2) is 0 Å². The second kappa shape index (κ2) is 6.04. The molecule has 1 heterocycles. The highest BCUT2D eigenvalue weighted by Gasteiger charge is 2.07. The van der Waals surface area contributed by atoms with Gasteiger partial charge in [0.05, 0.1) is 24.9 Å². The molecular formula is C14H16N2O3. The zero-order valence-electron chi connectivity index (χ0n) is 11.0. The van der Waals surface area contributed by atoms with E-state index in [1.165, 1.54) is 0 Å². The number of fused-ring (bicyclic) bond motifs is 1. The number of carbonyl (C=O) groups excluding carboxylic acids is 1. The molecule has 0 radical (unpaired) electrons. The van der Waals surface area contributed by atoms with E-state index in [9.17, 15) is 4.79 Å². The number of aromatic nitrogens is 1. The van der Waals surface area contributed by atoms with Gasteiger partial charge < -0.3 is 14.8 Å². The van der Waals surface area contributed by atoms with Crippen LogP contribution in [0.3, 0.4) is 0 Å². The van der Waals surface area contributed by atoms with Crippen LogP contribution in [0.5, 0.6) is 5.75 Å². The molecule has 0 fully saturated rings. The second-order valence-corrected chi connectivity index (χ2v) is 3.91. The first-order chi connectivity index (χ1) is 9.24. The number of benzene rings is 1. The van der Waals surface area contributed by atoms with E-state index >= 15 is 0 Å². The van der Waals surface area contributed by atoms with Gasteiger partial charge in [-0.05, 0) is 19.1 Å². The molecule has 100 valence electrons. The Balaban J connectivity index is 2.27. The van der Waals surface area contributed by atoms with Gasteiger partial charge in [-0.2, -0.15) is 0 Å². The monoisotopic (exact) mass is 260 g/mol. The number of anilines is 1. The number of rotatable bonds is 5. The summed E-state index contributed by atoms with van der Waals surface area (Å²) in [6.45, 7) is 2.25. The van der Waals surface area contributed by atoms with Gasteiger partial charge in [-0.15, -0.1) is 0 Å². The summed E-state index contributed by atoms with van der Waals surface area (Å²) in [6, 6.07) is 7.52. The molecule has 2 aromatic rings. The molecule has 1 N–H and O–H groups in total. The molecule has 0 atom stereocenters. The van der Waals surface area contributed by atoms with Crippen molar-refractivity contribution in [2.24, 2.45) is 0 Å². The van der Waals surface area contributed by atoms with Crippen LogP contribution < -0.4 is 10.1 Å². The second-order valence-electron chi connectivity index (χ2n) is 3.91. The summed E-state index contributed by atoms with van der Waals surface area (Å²) in [5.74, 6) is 0.418. The first-order valence-corrected chi connectivity index (χ1v) is 6.07. The Morgan fingerprint density at radius 3 is 3.00 bits per heavy atom. The molecule has 0 saturated heterocycles. The van der Waals surface area contributed by atoms with Crippen molar-refractivity contribution < 1.29 is 14.3 Å². The zero-order chi connectivity index (χ0) is 13.7. The highest BCUT2D eigenvalue weighted by molar-refractivity contribution is 5.93. The summed E-state index contributed by atoms with van der Waals surface area (Å²) in [6.07, 6.45) is 1.71. The summed E-state index contributed by atoms with van der Waals surface area (Å²) in [4.78, 5) is 15.7. The number of esters is 1. The summed E-state index contributed by atoms with van der Waals surface area (Å²) in [5.41, 5.74) is 1.55. The van der Waals surface area contributed by atoms with E-state index in [0.717, 1.165) is 16.6 Å². The van der Waals surface area contributed by atoms with E-state index in [-0.39, 0.29) is 12.5 Å². The van der Waals surface area contributed by atoms with Crippen molar-refractivity contribution in [1.29, 1.82) is 0 Å². The average molecular weight is 260 g/mol. The Labute approximate surface area is 111 Å². The zero-order valence-corrected chi connectivity index (χ0v) is 11.0. The number of methoxy groups -OCH3 is 1. The fourth-order valence-electron chi connectivity index (χ4n) is 1.80. The van der Waals surface area contributed by atoms with E-state index in [2.05, 4.69) is 10.3 Å². The van der Waals surface area contributed by atoms with Crippen LogP contribution in [0.4, 0.5) is 5.69 Å². The van der Waals surface area contributed by atoms with E-state index in [1.54, 1.807) is 20.2 Å². The Morgan fingerprint density at radius 2 is 2.26 bits per heavy atom. The van der Waals surface area contributed by atoms with Gasteiger partial charge in [0, 0.05) is 17.6 Å². The third-order valence-corrected chi connectivity index (χ3v) is 2.64. The van der Waals surface area contributed by atoms with E-state index in [0.29, 0.717) is 12.4 Å². The summed E-state index contributed by atoms with van der Waals surface area (Å²) < 4.78 is 10.1. The molecule has 2 rings (SSSR count). The van der Waals surface area contributed by atoms with Crippen LogP contribution in [-0.4, -0.2) is 31.2 Å². The highest BCUT2D eigenvalue weighted by Crippen LogP contribution is 2.27. The van der Waals surface area contributed by atoms with Gasteiger partial charge in [-0.1, -0.05) is 6.07 Å². The highest BCUT2D eigenvalue weighted by atomic mass is 16.5. The van der Waals surface area contributed by atoms with Crippen LogP contribution in [0.15, 0.2) is 30.5 Å². The van der Waals surface area contributed by atoms with Crippen molar-refractivity contribution in [2.45, 2.75) is 6.92 Å². The molecule has 19 heavy (non-hydrogen) atoms. The molecule has 0 bridgehead atoms. The quantitative estimate of drug-likeness (QED) is 0.835. The largest absolute Gasteiger partial charge is 0.497 e. The molecule has 0 aliphatic heterocycles. The Hall–Kier alpha value is -2.30. The number of hydrogen-bond donors (Lipinski definition) is 1. The fourth-order valence-corrected chi connectivity index (χ4v) is 1.80. The molecular weight excluding hydrogens is 244 g/mol. The molecule has 0 amide bonds. The minimum Gasteiger partial charge on any atom is -0.497 e. The van der Waals surface area contributed by atoms with Crippen molar-refractivity contribution in [2.75, 3.05) is 25.6 Å². The van der Waals surface area contributed by atoms with Gasteiger partial charge in [0.25, 0.3) is 0 Å². The number of pyridine rings is 1. The van der Waals surface area contributed by atoms with E-state index in [4.69, 9.17) is 9.47 Å². The van der Waals surface area contributed by atoms with Crippen LogP contribution in [0.1, 0.15) is 6.92 Å². The molecule has 1 aromatic heterocycles. The van der Waals surface area contributed by atoms with Gasteiger partial charge in [0.1, 0.15) is 12.3 Å². The van der Waals surface area contributed by atoms with E-state index in [1.807, 2.05) is 24.3 Å². The molecule has 0 saturated carbocycles. The van der Waals surface area contributed by atoms with Gasteiger partial charge >= 0.3 is 5.97 Å². The molecule has 5 heteroatoms. The minimum atomic E-state index is -0.297. The average Bonchev–Trinajstić information content (AvgIpc) is 2.44. The van der Waals surface area contributed by atoms with Crippen molar-refractivity contribution in [3.05, 3.63) is 30.5 Å². The number of carbonyl (C=O) groups is 1. The predicted octanol–water partition coefficient (Wildman–Crippen LogP) is 2.22. The topological polar surface area (TPSA) is 60.5 Å². The standard InChI is InChI=1S/C14H16N2O3/c1-3-19-13(17)9-16-12-8-11(18-2)7-10-5-4-6-15-14(10)12/h4-8,16H,3,9H2,1-2H3. The van der Waals surface area contributed by atoms with Crippen molar-refractivity contribution >= 4 is 22.6 Å². The third-order valence-electron chi connectivity index (χ3n) is 2.64. The normalized spacial score (nSPS) is 10.2. The SMILES string of the molecule is CCOC(=O)CNc1cc(OC)cc2cccnc12. The van der Waals surface area contributed by atoms with Gasteiger partial charge in [-0.3, -0.25) is 9.78 Å². The van der Waals surface area contributed by atoms with Crippen LogP contribution in [-0.2, 0) is 9.53 Å². The summed E-state index contributed by atoms with van der Waals surface area (Å²) in [7, 11) is 1.60. The van der Waals surface area contributed by atoms with Gasteiger partial charge in [-0.25, -0.2) is 0 Å². The fraction of sp³-hybridized carbons (Fsp3) is 0.286. The molecule has 0 unspecified atom stereocenters. The van der Waals surface area contributed by atoms with Crippen LogP contribution >= 0.6 is 0 Å². The third kappa shape index (κ3) is 3.13. The van der Waals surface area contributed by atoms with Crippen molar-refractivity contribution in [3.63, 3.8) is 0 Å². The molecule has 0 aliphatic rings. The molecule has 5 nitrogen and oxygen atoms in total. The maximum Gasteiger partial charge on any atom is 0.325 e. The minimum absolute atomic E-state index is 0.104. The van der Waals surface area contributed by atoms with Crippen LogP contribution in [0.25, 0.3) is 10.9 Å². The lowest BCUT2D eigenvalue weighted by atomic mass is 10.2. The lowest BCUT2D eigenvalue weighted by Gasteiger charge is -2.10. The number of nitrogens with zero attached hydrogens (tertiary/aromatic N) is 1. The maximum atomic E-state index is 11.4. The maximum absolute atomic E-state index is 11.4. The number of ether oxygens (including phenoxy) is 2. The number of nitrogens with one attached hydrogen (secondary N) is 1. The summed E-state index contributed by atoms with van der Waals surface area (Å²) >= 11 is 0. The molecule has 0 spiro atoms. The smallest absolute Gasteiger partial charge is 0.325 e. The lowest BCUT2D eigenvalue weighted by molar-refractivity contribution is -0.140. The Kier molecular flexibility index (Phi) is 4.18.